The van der Waals surface area contributed by atoms with Gasteiger partial charge in [-0.15, -0.1) is 0 Å². The number of benzene rings is 3. The highest BCUT2D eigenvalue weighted by molar-refractivity contribution is 6.53. The van der Waals surface area contributed by atoms with Gasteiger partial charge in [0.1, 0.15) is 16.5 Å². The average Bonchev–Trinajstić information content (AvgIpc) is 2.99. The van der Waals surface area contributed by atoms with Crippen molar-refractivity contribution in [2.75, 3.05) is 15.5 Å². The lowest BCUT2D eigenvalue weighted by Gasteiger charge is -2.17. The largest absolute Gasteiger partial charge is 0.350 e. The van der Waals surface area contributed by atoms with Crippen molar-refractivity contribution in [1.29, 1.82) is 0 Å². The molecule has 3 aromatic rings. The van der Waals surface area contributed by atoms with Crippen LogP contribution in [0.1, 0.15) is 15.9 Å². The summed E-state index contributed by atoms with van der Waals surface area (Å²) in [7, 11) is 0. The standard InChI is InChI=1S/C24H17ClFN3O3/c1-14-4-2-3-5-19(14)29-23(31)20(25)21(24(29)32)27-17-10-6-15(7-11-17)22(30)28-18-12-8-16(26)9-13-18/h2-13,27H,1H3,(H,28,30). The number of aryl methyl sites for hydroxylation is 1. The van der Waals surface area contributed by atoms with Crippen molar-refractivity contribution >= 4 is 46.4 Å². The van der Waals surface area contributed by atoms with Crippen molar-refractivity contribution in [2.45, 2.75) is 6.92 Å². The number of halogens is 2. The Labute approximate surface area is 188 Å². The molecule has 0 fully saturated rings. The zero-order valence-corrected chi connectivity index (χ0v) is 17.6. The molecule has 4 rings (SSSR count). The van der Waals surface area contributed by atoms with Crippen LogP contribution in [0, 0.1) is 12.7 Å². The summed E-state index contributed by atoms with van der Waals surface area (Å²) in [6, 6.07) is 18.7. The molecule has 1 aliphatic rings. The molecule has 2 N–H and O–H groups in total. The molecule has 3 amide bonds. The Hall–Kier alpha value is -3.97. The summed E-state index contributed by atoms with van der Waals surface area (Å²) in [5, 5.41) is 5.33. The maximum absolute atomic E-state index is 13.0. The number of rotatable bonds is 5. The Bertz CT molecular complexity index is 1250. The lowest BCUT2D eigenvalue weighted by atomic mass is 10.1. The molecule has 32 heavy (non-hydrogen) atoms. The van der Waals surface area contributed by atoms with Crippen molar-refractivity contribution in [3.05, 3.63) is 100 Å². The van der Waals surface area contributed by atoms with E-state index in [1.807, 2.05) is 6.07 Å². The van der Waals surface area contributed by atoms with Crippen LogP contribution in [-0.4, -0.2) is 17.7 Å². The molecule has 0 spiro atoms. The van der Waals surface area contributed by atoms with Crippen molar-refractivity contribution < 1.29 is 18.8 Å². The minimum Gasteiger partial charge on any atom is -0.350 e. The molecule has 1 heterocycles. The fourth-order valence-corrected chi connectivity index (χ4v) is 3.44. The number of para-hydroxylation sites is 1. The number of imide groups is 1. The maximum Gasteiger partial charge on any atom is 0.283 e. The van der Waals surface area contributed by atoms with E-state index in [0.29, 0.717) is 22.6 Å². The summed E-state index contributed by atoms with van der Waals surface area (Å²) in [6.07, 6.45) is 0. The third-order valence-electron chi connectivity index (χ3n) is 4.90. The van der Waals surface area contributed by atoms with Crippen molar-refractivity contribution in [3.63, 3.8) is 0 Å². The minimum absolute atomic E-state index is 0.0385. The maximum atomic E-state index is 13.0. The zero-order chi connectivity index (χ0) is 22.8. The number of carbonyl (C=O) groups excluding carboxylic acids is 3. The summed E-state index contributed by atoms with van der Waals surface area (Å²) in [6.45, 7) is 1.80. The van der Waals surface area contributed by atoms with Gasteiger partial charge < -0.3 is 10.6 Å². The number of hydrogen-bond acceptors (Lipinski definition) is 4. The van der Waals surface area contributed by atoms with Gasteiger partial charge in [-0.25, -0.2) is 9.29 Å². The summed E-state index contributed by atoms with van der Waals surface area (Å²) >= 11 is 6.17. The first-order valence-corrected chi connectivity index (χ1v) is 10.0. The first kappa shape index (κ1) is 21.3. The van der Waals surface area contributed by atoms with Gasteiger partial charge in [0.25, 0.3) is 17.7 Å². The van der Waals surface area contributed by atoms with Gasteiger partial charge in [0, 0.05) is 16.9 Å². The predicted molar refractivity (Wildman–Crippen MR) is 121 cm³/mol. The van der Waals surface area contributed by atoms with Gasteiger partial charge in [-0.1, -0.05) is 29.8 Å². The molecule has 0 bridgehead atoms. The van der Waals surface area contributed by atoms with E-state index in [2.05, 4.69) is 10.6 Å². The van der Waals surface area contributed by atoms with Crippen LogP contribution in [0.4, 0.5) is 21.5 Å². The lowest BCUT2D eigenvalue weighted by Crippen LogP contribution is -2.32. The highest BCUT2D eigenvalue weighted by atomic mass is 35.5. The van der Waals surface area contributed by atoms with Crippen LogP contribution in [0.25, 0.3) is 0 Å². The Morgan fingerprint density at radius 1 is 0.875 bits per heavy atom. The van der Waals surface area contributed by atoms with E-state index in [-0.39, 0.29) is 16.6 Å². The molecule has 0 radical (unpaired) electrons. The molecule has 8 heteroatoms. The van der Waals surface area contributed by atoms with Crippen LogP contribution < -0.4 is 15.5 Å². The van der Waals surface area contributed by atoms with Gasteiger partial charge in [-0.3, -0.25) is 14.4 Å². The first-order valence-electron chi connectivity index (χ1n) is 9.63. The van der Waals surface area contributed by atoms with Gasteiger partial charge in [0.15, 0.2) is 0 Å². The summed E-state index contributed by atoms with van der Waals surface area (Å²) in [5.74, 6) is -1.94. The highest BCUT2D eigenvalue weighted by Crippen LogP contribution is 2.31. The van der Waals surface area contributed by atoms with Gasteiger partial charge in [0.2, 0.25) is 0 Å². The molecule has 0 saturated heterocycles. The van der Waals surface area contributed by atoms with Crippen molar-refractivity contribution in [2.24, 2.45) is 0 Å². The van der Waals surface area contributed by atoms with Crippen LogP contribution >= 0.6 is 11.6 Å². The second-order valence-electron chi connectivity index (χ2n) is 7.08. The summed E-state index contributed by atoms with van der Waals surface area (Å²) in [5.41, 5.74) is 2.48. The molecule has 0 unspecified atom stereocenters. The Balaban J connectivity index is 1.49. The quantitative estimate of drug-likeness (QED) is 0.547. The van der Waals surface area contributed by atoms with Crippen molar-refractivity contribution in [1.82, 2.24) is 0 Å². The van der Waals surface area contributed by atoms with E-state index >= 15 is 0 Å². The number of nitrogens with one attached hydrogen (secondary N) is 2. The fourth-order valence-electron chi connectivity index (χ4n) is 3.23. The van der Waals surface area contributed by atoms with E-state index in [9.17, 15) is 18.8 Å². The van der Waals surface area contributed by atoms with Crippen LogP contribution in [0.5, 0.6) is 0 Å². The molecule has 0 saturated carbocycles. The van der Waals surface area contributed by atoms with Gasteiger partial charge in [0.05, 0.1) is 5.69 Å². The predicted octanol–water partition coefficient (Wildman–Crippen LogP) is 4.82. The molecule has 0 aromatic heterocycles. The number of nitrogens with zero attached hydrogens (tertiary/aromatic N) is 1. The lowest BCUT2D eigenvalue weighted by molar-refractivity contribution is -0.120. The number of carbonyl (C=O) groups is 3. The molecule has 0 atom stereocenters. The normalized spacial score (nSPS) is 13.5. The molecule has 6 nitrogen and oxygen atoms in total. The van der Waals surface area contributed by atoms with E-state index in [4.69, 9.17) is 11.6 Å². The Kier molecular flexibility index (Phi) is 5.75. The van der Waals surface area contributed by atoms with E-state index in [1.54, 1.807) is 49.4 Å². The van der Waals surface area contributed by atoms with E-state index < -0.39 is 17.6 Å². The topological polar surface area (TPSA) is 78.5 Å². The Morgan fingerprint density at radius 3 is 2.16 bits per heavy atom. The molecule has 1 aliphatic heterocycles. The molecule has 160 valence electrons. The van der Waals surface area contributed by atoms with Gasteiger partial charge in [-0.05, 0) is 67.1 Å². The number of hydrogen-bond donors (Lipinski definition) is 2. The average molecular weight is 450 g/mol. The molecular weight excluding hydrogens is 433 g/mol. The van der Waals surface area contributed by atoms with Crippen LogP contribution in [-0.2, 0) is 9.59 Å². The smallest absolute Gasteiger partial charge is 0.283 e. The van der Waals surface area contributed by atoms with Crippen LogP contribution in [0.15, 0.2) is 83.5 Å². The Morgan fingerprint density at radius 2 is 1.50 bits per heavy atom. The third-order valence-corrected chi connectivity index (χ3v) is 5.25. The molecular formula is C24H17ClFN3O3. The van der Waals surface area contributed by atoms with E-state index in [0.717, 1.165) is 10.5 Å². The second kappa shape index (κ2) is 8.64. The summed E-state index contributed by atoms with van der Waals surface area (Å²) in [4.78, 5) is 38.9. The fraction of sp³-hybridized carbons (Fsp3) is 0.0417. The monoisotopic (exact) mass is 449 g/mol. The highest BCUT2D eigenvalue weighted by Gasteiger charge is 2.39. The molecule has 0 aliphatic carbocycles. The number of anilines is 3. The van der Waals surface area contributed by atoms with Gasteiger partial charge in [-0.2, -0.15) is 0 Å². The SMILES string of the molecule is Cc1ccccc1N1C(=O)C(Cl)=C(Nc2ccc(C(=O)Nc3ccc(F)cc3)cc2)C1=O. The number of amides is 3. The first-order chi connectivity index (χ1) is 15.3. The van der Waals surface area contributed by atoms with Gasteiger partial charge >= 0.3 is 0 Å². The second-order valence-corrected chi connectivity index (χ2v) is 7.46. The van der Waals surface area contributed by atoms with Crippen LogP contribution in [0.2, 0.25) is 0 Å². The summed E-state index contributed by atoms with van der Waals surface area (Å²) < 4.78 is 13.0. The zero-order valence-electron chi connectivity index (χ0n) is 16.9. The van der Waals surface area contributed by atoms with E-state index in [1.165, 1.54) is 24.3 Å². The third kappa shape index (κ3) is 4.10. The van der Waals surface area contributed by atoms with Crippen LogP contribution in [0.3, 0.4) is 0 Å². The van der Waals surface area contributed by atoms with Crippen molar-refractivity contribution in [3.8, 4) is 0 Å². The molecule has 3 aromatic carbocycles. The minimum atomic E-state index is -0.608.